The van der Waals surface area contributed by atoms with Crippen molar-refractivity contribution in [2.75, 3.05) is 24.8 Å². The molecule has 0 spiro atoms. The van der Waals surface area contributed by atoms with Gasteiger partial charge in [0, 0.05) is 23.7 Å². The van der Waals surface area contributed by atoms with Crippen molar-refractivity contribution >= 4 is 17.3 Å². The maximum Gasteiger partial charge on any atom is 0.255 e. The Hall–Kier alpha value is -2.69. The average Bonchev–Trinajstić information content (AvgIpc) is 2.96. The van der Waals surface area contributed by atoms with Gasteiger partial charge in [0.15, 0.2) is 0 Å². The number of ether oxygens (including phenoxy) is 2. The lowest BCUT2D eigenvalue weighted by Gasteiger charge is -2.11. The number of anilines is 2. The van der Waals surface area contributed by atoms with E-state index in [1.165, 1.54) is 7.11 Å². The first-order valence-corrected chi connectivity index (χ1v) is 6.68. The highest BCUT2D eigenvalue weighted by Crippen LogP contribution is 2.29. The quantitative estimate of drug-likeness (QED) is 0.849. The molecule has 108 valence electrons. The van der Waals surface area contributed by atoms with Crippen LogP contribution < -0.4 is 20.5 Å². The predicted octanol–water partition coefficient (Wildman–Crippen LogP) is 2.46. The third-order valence-corrected chi connectivity index (χ3v) is 3.43. The topological polar surface area (TPSA) is 73.6 Å². The average molecular weight is 284 g/mol. The number of carbonyl (C=O) groups excluding carboxylic acids is 1. The molecule has 5 heteroatoms. The molecule has 0 aliphatic carbocycles. The summed E-state index contributed by atoms with van der Waals surface area (Å²) < 4.78 is 10.7. The molecule has 1 amide bonds. The summed E-state index contributed by atoms with van der Waals surface area (Å²) in [5.74, 6) is 1.21. The van der Waals surface area contributed by atoms with Crippen LogP contribution in [0.1, 0.15) is 15.9 Å². The van der Waals surface area contributed by atoms with Crippen LogP contribution in [0.3, 0.4) is 0 Å². The van der Waals surface area contributed by atoms with Gasteiger partial charge >= 0.3 is 0 Å². The van der Waals surface area contributed by atoms with Crippen molar-refractivity contribution in [3.8, 4) is 11.5 Å². The molecule has 0 unspecified atom stereocenters. The molecule has 3 N–H and O–H groups in total. The summed E-state index contributed by atoms with van der Waals surface area (Å²) in [5, 5.41) is 2.84. The highest BCUT2D eigenvalue weighted by molar-refractivity contribution is 6.05. The molecule has 0 aromatic heterocycles. The molecular weight excluding hydrogens is 268 g/mol. The molecule has 0 saturated carbocycles. The van der Waals surface area contributed by atoms with Gasteiger partial charge in [-0.1, -0.05) is 0 Å². The van der Waals surface area contributed by atoms with Crippen LogP contribution in [-0.2, 0) is 6.42 Å². The van der Waals surface area contributed by atoms with E-state index in [2.05, 4.69) is 5.32 Å². The lowest BCUT2D eigenvalue weighted by molar-refractivity contribution is 0.102. The number of nitrogen functional groups attached to an aromatic ring is 1. The number of nitrogens with one attached hydrogen (secondary N) is 1. The zero-order valence-corrected chi connectivity index (χ0v) is 11.7. The molecule has 0 fully saturated rings. The Kier molecular flexibility index (Phi) is 3.39. The van der Waals surface area contributed by atoms with Gasteiger partial charge in [0.2, 0.25) is 0 Å². The van der Waals surface area contributed by atoms with Crippen LogP contribution in [0.2, 0.25) is 0 Å². The fraction of sp³-hybridized carbons (Fsp3) is 0.188. The summed E-state index contributed by atoms with van der Waals surface area (Å²) in [5.41, 5.74) is 8.53. The summed E-state index contributed by atoms with van der Waals surface area (Å²) in [4.78, 5) is 12.3. The minimum atomic E-state index is -0.187. The number of amides is 1. The van der Waals surface area contributed by atoms with E-state index in [9.17, 15) is 4.79 Å². The molecule has 0 bridgehead atoms. The van der Waals surface area contributed by atoms with Crippen LogP contribution in [0.4, 0.5) is 11.4 Å². The minimum Gasteiger partial charge on any atom is -0.494 e. The zero-order valence-electron chi connectivity index (χ0n) is 11.7. The Morgan fingerprint density at radius 3 is 2.95 bits per heavy atom. The SMILES string of the molecule is COc1cc(N)ccc1NC(=O)c1ccc2c(c1)CCO2. The summed E-state index contributed by atoms with van der Waals surface area (Å²) in [6.07, 6.45) is 0.835. The first kappa shape index (κ1) is 13.3. The molecule has 0 atom stereocenters. The van der Waals surface area contributed by atoms with Gasteiger partial charge in [-0.25, -0.2) is 0 Å². The molecule has 21 heavy (non-hydrogen) atoms. The van der Waals surface area contributed by atoms with E-state index in [1.807, 2.05) is 12.1 Å². The Balaban J connectivity index is 1.83. The van der Waals surface area contributed by atoms with Crippen LogP contribution in [0.15, 0.2) is 36.4 Å². The summed E-state index contributed by atoms with van der Waals surface area (Å²) >= 11 is 0. The predicted molar refractivity (Wildman–Crippen MR) is 81.0 cm³/mol. The molecule has 2 aromatic carbocycles. The van der Waals surface area contributed by atoms with Gasteiger partial charge < -0.3 is 20.5 Å². The second-order valence-corrected chi connectivity index (χ2v) is 4.83. The van der Waals surface area contributed by atoms with Crippen LogP contribution in [0.5, 0.6) is 11.5 Å². The highest BCUT2D eigenvalue weighted by Gasteiger charge is 2.16. The van der Waals surface area contributed by atoms with Gasteiger partial charge in [0.25, 0.3) is 5.91 Å². The zero-order chi connectivity index (χ0) is 14.8. The maximum atomic E-state index is 12.3. The first-order chi connectivity index (χ1) is 10.2. The molecule has 1 aliphatic rings. The van der Waals surface area contributed by atoms with Crippen LogP contribution in [0.25, 0.3) is 0 Å². The van der Waals surface area contributed by atoms with Crippen molar-refractivity contribution in [1.29, 1.82) is 0 Å². The molecule has 0 saturated heterocycles. The molecule has 0 radical (unpaired) electrons. The maximum absolute atomic E-state index is 12.3. The van der Waals surface area contributed by atoms with E-state index in [4.69, 9.17) is 15.2 Å². The van der Waals surface area contributed by atoms with Crippen LogP contribution >= 0.6 is 0 Å². The van der Waals surface area contributed by atoms with E-state index in [1.54, 1.807) is 24.3 Å². The summed E-state index contributed by atoms with van der Waals surface area (Å²) in [6, 6.07) is 10.6. The summed E-state index contributed by atoms with van der Waals surface area (Å²) in [7, 11) is 1.54. The monoisotopic (exact) mass is 284 g/mol. The number of hydrogen-bond donors (Lipinski definition) is 2. The fourth-order valence-electron chi connectivity index (χ4n) is 2.33. The van der Waals surface area contributed by atoms with Crippen molar-refractivity contribution in [3.05, 3.63) is 47.5 Å². The van der Waals surface area contributed by atoms with Gasteiger partial charge in [-0.15, -0.1) is 0 Å². The van der Waals surface area contributed by atoms with Gasteiger partial charge in [0.1, 0.15) is 11.5 Å². The van der Waals surface area contributed by atoms with Crippen molar-refractivity contribution in [2.24, 2.45) is 0 Å². The normalized spacial score (nSPS) is 12.4. The largest absolute Gasteiger partial charge is 0.494 e. The Morgan fingerprint density at radius 1 is 1.29 bits per heavy atom. The molecule has 5 nitrogen and oxygen atoms in total. The molecule has 3 rings (SSSR count). The van der Waals surface area contributed by atoms with Crippen LogP contribution in [-0.4, -0.2) is 19.6 Å². The number of benzene rings is 2. The molecule has 1 heterocycles. The lowest BCUT2D eigenvalue weighted by Crippen LogP contribution is -2.13. The second kappa shape index (κ2) is 5.36. The number of methoxy groups -OCH3 is 1. The highest BCUT2D eigenvalue weighted by atomic mass is 16.5. The van der Waals surface area contributed by atoms with Gasteiger partial charge in [0.05, 0.1) is 19.4 Å². The Morgan fingerprint density at radius 2 is 2.14 bits per heavy atom. The van der Waals surface area contributed by atoms with E-state index >= 15 is 0 Å². The van der Waals surface area contributed by atoms with Gasteiger partial charge in [-0.2, -0.15) is 0 Å². The van der Waals surface area contributed by atoms with Crippen molar-refractivity contribution in [1.82, 2.24) is 0 Å². The molecule has 2 aromatic rings. The number of hydrogen-bond acceptors (Lipinski definition) is 4. The number of fused-ring (bicyclic) bond motifs is 1. The number of rotatable bonds is 3. The Labute approximate surface area is 122 Å². The van der Waals surface area contributed by atoms with Crippen LogP contribution in [0, 0.1) is 0 Å². The minimum absolute atomic E-state index is 0.187. The van der Waals surface area contributed by atoms with E-state index in [0.29, 0.717) is 29.3 Å². The molecular formula is C16H16N2O3. The van der Waals surface area contributed by atoms with E-state index in [0.717, 1.165) is 17.7 Å². The number of nitrogens with two attached hydrogens (primary N) is 1. The smallest absolute Gasteiger partial charge is 0.255 e. The standard InChI is InChI=1S/C16H16N2O3/c1-20-15-9-12(17)3-4-13(15)18-16(19)11-2-5-14-10(8-11)6-7-21-14/h2-5,8-9H,6-7,17H2,1H3,(H,18,19). The first-order valence-electron chi connectivity index (χ1n) is 6.68. The van der Waals surface area contributed by atoms with Gasteiger partial charge in [-0.3, -0.25) is 4.79 Å². The van der Waals surface area contributed by atoms with Crippen molar-refractivity contribution in [2.45, 2.75) is 6.42 Å². The third-order valence-electron chi connectivity index (χ3n) is 3.43. The van der Waals surface area contributed by atoms with Crippen molar-refractivity contribution in [3.63, 3.8) is 0 Å². The van der Waals surface area contributed by atoms with Gasteiger partial charge in [-0.05, 0) is 35.9 Å². The van der Waals surface area contributed by atoms with E-state index < -0.39 is 0 Å². The third kappa shape index (κ3) is 2.63. The Bertz CT molecular complexity index is 698. The van der Waals surface area contributed by atoms with Crippen molar-refractivity contribution < 1.29 is 14.3 Å². The second-order valence-electron chi connectivity index (χ2n) is 4.83. The molecule has 1 aliphatic heterocycles. The van der Waals surface area contributed by atoms with E-state index in [-0.39, 0.29) is 5.91 Å². The lowest BCUT2D eigenvalue weighted by atomic mass is 10.1. The number of carbonyl (C=O) groups is 1. The fourth-order valence-corrected chi connectivity index (χ4v) is 2.33. The summed E-state index contributed by atoms with van der Waals surface area (Å²) in [6.45, 7) is 0.673.